The summed E-state index contributed by atoms with van der Waals surface area (Å²) >= 11 is 0. The van der Waals surface area contributed by atoms with Crippen LogP contribution >= 0.6 is 0 Å². The molecule has 0 heterocycles. The summed E-state index contributed by atoms with van der Waals surface area (Å²) in [5.74, 6) is -0.407. The number of carbonyl (C=O) groups is 2. The Kier molecular flexibility index (Phi) is 6.16. The Labute approximate surface area is 109 Å². The third-order valence-corrected chi connectivity index (χ3v) is 3.66. The van der Waals surface area contributed by atoms with E-state index in [4.69, 9.17) is 5.11 Å². The van der Waals surface area contributed by atoms with Crippen molar-refractivity contribution in [3.05, 3.63) is 0 Å². The standard InChI is InChI=1S/C14H25NO3/c1-10(2)5-3-4-8-15-13(16)11-6-7-12(9-11)14(17)18/h10-12H,3-9H2,1-2H3,(H,15,16)(H,17,18). The van der Waals surface area contributed by atoms with Crippen LogP contribution in [0.2, 0.25) is 0 Å². The zero-order valence-corrected chi connectivity index (χ0v) is 11.4. The Morgan fingerprint density at radius 2 is 1.89 bits per heavy atom. The fraction of sp³-hybridized carbons (Fsp3) is 0.857. The lowest BCUT2D eigenvalue weighted by atomic mass is 10.0. The number of hydrogen-bond acceptors (Lipinski definition) is 2. The van der Waals surface area contributed by atoms with E-state index in [0.717, 1.165) is 25.8 Å². The number of carbonyl (C=O) groups excluding carboxylic acids is 1. The first-order chi connectivity index (χ1) is 8.50. The maximum absolute atomic E-state index is 11.8. The second kappa shape index (κ2) is 7.39. The highest BCUT2D eigenvalue weighted by Crippen LogP contribution is 2.31. The van der Waals surface area contributed by atoms with Gasteiger partial charge in [0.2, 0.25) is 5.91 Å². The summed E-state index contributed by atoms with van der Waals surface area (Å²) in [5.41, 5.74) is 0. The van der Waals surface area contributed by atoms with Crippen molar-refractivity contribution >= 4 is 11.9 Å². The summed E-state index contributed by atoms with van der Waals surface area (Å²) in [6.45, 7) is 5.12. The molecule has 1 rings (SSSR count). The van der Waals surface area contributed by atoms with Crippen molar-refractivity contribution < 1.29 is 14.7 Å². The molecule has 1 aliphatic carbocycles. The van der Waals surface area contributed by atoms with Gasteiger partial charge in [0.25, 0.3) is 0 Å². The zero-order valence-electron chi connectivity index (χ0n) is 11.4. The predicted octanol–water partition coefficient (Wildman–Crippen LogP) is 2.43. The average molecular weight is 255 g/mol. The number of aliphatic carboxylic acids is 1. The molecule has 0 aromatic rings. The highest BCUT2D eigenvalue weighted by molar-refractivity contribution is 5.80. The maximum Gasteiger partial charge on any atom is 0.306 e. The van der Waals surface area contributed by atoms with E-state index >= 15 is 0 Å². The Balaban J connectivity index is 2.12. The van der Waals surface area contributed by atoms with E-state index in [0.29, 0.717) is 18.8 Å². The van der Waals surface area contributed by atoms with Gasteiger partial charge in [0.05, 0.1) is 5.92 Å². The van der Waals surface area contributed by atoms with Gasteiger partial charge >= 0.3 is 5.97 Å². The van der Waals surface area contributed by atoms with Gasteiger partial charge in [0, 0.05) is 12.5 Å². The lowest BCUT2D eigenvalue weighted by molar-refractivity contribution is -0.141. The third-order valence-electron chi connectivity index (χ3n) is 3.66. The fourth-order valence-corrected chi connectivity index (χ4v) is 2.48. The molecular weight excluding hydrogens is 230 g/mol. The molecule has 0 saturated heterocycles. The van der Waals surface area contributed by atoms with E-state index in [1.165, 1.54) is 6.42 Å². The molecule has 1 amide bonds. The summed E-state index contributed by atoms with van der Waals surface area (Å²) in [5, 5.41) is 11.8. The molecule has 0 aromatic heterocycles. The second-order valence-corrected chi connectivity index (χ2v) is 5.73. The largest absolute Gasteiger partial charge is 0.481 e. The summed E-state index contributed by atoms with van der Waals surface area (Å²) in [6, 6.07) is 0. The number of nitrogens with one attached hydrogen (secondary N) is 1. The highest BCUT2D eigenvalue weighted by atomic mass is 16.4. The van der Waals surface area contributed by atoms with Crippen LogP contribution in [0.25, 0.3) is 0 Å². The monoisotopic (exact) mass is 255 g/mol. The van der Waals surface area contributed by atoms with Crippen molar-refractivity contribution in [1.82, 2.24) is 5.32 Å². The molecule has 1 aliphatic rings. The van der Waals surface area contributed by atoms with Gasteiger partial charge in [-0.2, -0.15) is 0 Å². The van der Waals surface area contributed by atoms with Crippen LogP contribution in [0.5, 0.6) is 0 Å². The van der Waals surface area contributed by atoms with E-state index in [1.807, 2.05) is 0 Å². The van der Waals surface area contributed by atoms with Crippen LogP contribution in [0.15, 0.2) is 0 Å². The molecule has 2 N–H and O–H groups in total. The lowest BCUT2D eigenvalue weighted by Gasteiger charge is -2.11. The van der Waals surface area contributed by atoms with Crippen molar-refractivity contribution in [3.63, 3.8) is 0 Å². The molecule has 104 valence electrons. The van der Waals surface area contributed by atoms with Crippen molar-refractivity contribution in [2.24, 2.45) is 17.8 Å². The molecule has 2 unspecified atom stereocenters. The van der Waals surface area contributed by atoms with Crippen LogP contribution in [0.1, 0.15) is 52.4 Å². The average Bonchev–Trinajstić information content (AvgIpc) is 2.77. The Morgan fingerprint density at radius 3 is 2.44 bits per heavy atom. The van der Waals surface area contributed by atoms with Crippen molar-refractivity contribution in [2.45, 2.75) is 52.4 Å². The minimum absolute atomic E-state index is 0.0447. The predicted molar refractivity (Wildman–Crippen MR) is 70.2 cm³/mol. The first-order valence-electron chi connectivity index (χ1n) is 7.01. The number of hydrogen-bond donors (Lipinski definition) is 2. The van der Waals surface area contributed by atoms with E-state index in [2.05, 4.69) is 19.2 Å². The summed E-state index contributed by atoms with van der Waals surface area (Å²) in [7, 11) is 0. The van der Waals surface area contributed by atoms with Crippen molar-refractivity contribution in [1.29, 1.82) is 0 Å². The van der Waals surface area contributed by atoms with Gasteiger partial charge < -0.3 is 10.4 Å². The summed E-state index contributed by atoms with van der Waals surface area (Å²) in [6.07, 6.45) is 5.21. The first kappa shape index (κ1) is 15.0. The maximum atomic E-state index is 11.8. The van der Waals surface area contributed by atoms with Crippen LogP contribution in [0, 0.1) is 17.8 Å². The molecule has 2 atom stereocenters. The van der Waals surface area contributed by atoms with Crippen LogP contribution in [-0.2, 0) is 9.59 Å². The normalized spacial score (nSPS) is 23.3. The molecule has 1 saturated carbocycles. The quantitative estimate of drug-likeness (QED) is 0.687. The molecule has 4 nitrogen and oxygen atoms in total. The number of rotatable bonds is 7. The van der Waals surface area contributed by atoms with Gasteiger partial charge in [-0.05, 0) is 31.6 Å². The molecule has 4 heteroatoms. The number of unbranched alkanes of at least 4 members (excludes halogenated alkanes) is 1. The number of amides is 1. The van der Waals surface area contributed by atoms with E-state index in [1.54, 1.807) is 0 Å². The SMILES string of the molecule is CC(C)CCCCNC(=O)C1CCC(C(=O)O)C1. The molecule has 0 aliphatic heterocycles. The number of carboxylic acids is 1. The summed E-state index contributed by atoms with van der Waals surface area (Å²) < 4.78 is 0. The van der Waals surface area contributed by atoms with Gasteiger partial charge in [-0.3, -0.25) is 9.59 Å². The molecule has 0 aromatic carbocycles. The van der Waals surface area contributed by atoms with Crippen LogP contribution in [0.4, 0.5) is 0 Å². The second-order valence-electron chi connectivity index (χ2n) is 5.73. The molecule has 18 heavy (non-hydrogen) atoms. The first-order valence-corrected chi connectivity index (χ1v) is 7.01. The van der Waals surface area contributed by atoms with Crippen LogP contribution in [0.3, 0.4) is 0 Å². The topological polar surface area (TPSA) is 66.4 Å². The molecule has 0 spiro atoms. The molecule has 0 bridgehead atoms. The zero-order chi connectivity index (χ0) is 13.5. The van der Waals surface area contributed by atoms with Gasteiger partial charge in [-0.25, -0.2) is 0 Å². The highest BCUT2D eigenvalue weighted by Gasteiger charge is 2.33. The lowest BCUT2D eigenvalue weighted by Crippen LogP contribution is -2.30. The van der Waals surface area contributed by atoms with E-state index in [-0.39, 0.29) is 17.7 Å². The number of carboxylic acid groups (broad SMARTS) is 1. The van der Waals surface area contributed by atoms with Crippen LogP contribution in [-0.4, -0.2) is 23.5 Å². The van der Waals surface area contributed by atoms with Gasteiger partial charge in [-0.15, -0.1) is 0 Å². The summed E-state index contributed by atoms with van der Waals surface area (Å²) in [4.78, 5) is 22.6. The molecular formula is C14H25NO3. The molecule has 1 fully saturated rings. The van der Waals surface area contributed by atoms with Gasteiger partial charge in [0.15, 0.2) is 0 Å². The third kappa shape index (κ3) is 5.07. The van der Waals surface area contributed by atoms with Crippen molar-refractivity contribution in [3.8, 4) is 0 Å². The Hall–Kier alpha value is -1.06. The molecule has 0 radical (unpaired) electrons. The Bertz CT molecular complexity index is 289. The smallest absolute Gasteiger partial charge is 0.306 e. The minimum Gasteiger partial charge on any atom is -0.481 e. The van der Waals surface area contributed by atoms with E-state index in [9.17, 15) is 9.59 Å². The van der Waals surface area contributed by atoms with Crippen LogP contribution < -0.4 is 5.32 Å². The van der Waals surface area contributed by atoms with Crippen molar-refractivity contribution in [2.75, 3.05) is 6.54 Å². The fourth-order valence-electron chi connectivity index (χ4n) is 2.48. The van der Waals surface area contributed by atoms with Gasteiger partial charge in [-0.1, -0.05) is 26.7 Å². The minimum atomic E-state index is -0.762. The van der Waals surface area contributed by atoms with E-state index < -0.39 is 5.97 Å². The van der Waals surface area contributed by atoms with Gasteiger partial charge in [0.1, 0.15) is 0 Å². The Morgan fingerprint density at radius 1 is 1.22 bits per heavy atom.